The molecule has 0 N–H and O–H groups in total. The van der Waals surface area contributed by atoms with Crippen LogP contribution in [0.5, 0.6) is 0 Å². The first-order chi connectivity index (χ1) is 13.4. The predicted octanol–water partition coefficient (Wildman–Crippen LogP) is 3.13. The third kappa shape index (κ3) is 4.57. The quantitative estimate of drug-likeness (QED) is 0.723. The van der Waals surface area contributed by atoms with Crippen LogP contribution in [0.4, 0.5) is 0 Å². The van der Waals surface area contributed by atoms with Crippen LogP contribution in [0.25, 0.3) is 0 Å². The summed E-state index contributed by atoms with van der Waals surface area (Å²) in [6.45, 7) is 9.06. The summed E-state index contributed by atoms with van der Waals surface area (Å²) in [4.78, 5) is 29.7. The molecule has 2 saturated heterocycles. The van der Waals surface area contributed by atoms with E-state index in [0.29, 0.717) is 31.5 Å². The van der Waals surface area contributed by atoms with E-state index < -0.39 is 0 Å². The van der Waals surface area contributed by atoms with E-state index in [9.17, 15) is 9.59 Å². The average molecular weight is 387 g/mol. The first-order valence-electron chi connectivity index (χ1n) is 10.7. The van der Waals surface area contributed by atoms with Crippen LogP contribution in [0, 0.1) is 11.3 Å². The van der Waals surface area contributed by atoms with Gasteiger partial charge in [-0.05, 0) is 44.1 Å². The van der Waals surface area contributed by atoms with Crippen LogP contribution < -0.4 is 0 Å². The van der Waals surface area contributed by atoms with Gasteiger partial charge in [-0.15, -0.1) is 0 Å². The van der Waals surface area contributed by atoms with Crippen molar-refractivity contribution in [2.45, 2.75) is 52.5 Å². The van der Waals surface area contributed by atoms with E-state index in [0.717, 1.165) is 32.2 Å². The molecule has 2 aliphatic rings. The van der Waals surface area contributed by atoms with E-state index in [1.807, 2.05) is 17.9 Å². The van der Waals surface area contributed by atoms with Gasteiger partial charge < -0.3 is 14.5 Å². The van der Waals surface area contributed by atoms with Gasteiger partial charge in [-0.2, -0.15) is 0 Å². The average Bonchev–Trinajstić information content (AvgIpc) is 2.92. The second-order valence-corrected chi connectivity index (χ2v) is 8.70. The van der Waals surface area contributed by atoms with Crippen molar-refractivity contribution >= 4 is 11.8 Å². The Kier molecular flexibility index (Phi) is 6.76. The Bertz CT molecular complexity index is 666. The maximum atomic E-state index is 13.5. The largest absolute Gasteiger partial charge is 0.372 e. The van der Waals surface area contributed by atoms with Gasteiger partial charge in [0.1, 0.15) is 6.61 Å². The molecule has 1 atom stereocenters. The lowest BCUT2D eigenvalue weighted by molar-refractivity contribution is -0.145. The second kappa shape index (κ2) is 9.08. The Morgan fingerprint density at radius 2 is 1.89 bits per heavy atom. The van der Waals surface area contributed by atoms with Crippen molar-refractivity contribution < 1.29 is 14.3 Å². The molecule has 3 rings (SSSR count). The van der Waals surface area contributed by atoms with Crippen molar-refractivity contribution in [3.8, 4) is 0 Å². The standard InChI is InChI=1S/C23H34N2O3/c1-4-28-17-21(26)24-12-10-23(11-13-24)15-20(14-19-8-6-5-7-9-19)25(22(23)27)16-18(2)3/h5-9,18,20H,4,10-17H2,1-3H3/t20-/m1/s1. The molecule has 0 bridgehead atoms. The fourth-order valence-electron chi connectivity index (χ4n) is 4.70. The van der Waals surface area contributed by atoms with Crippen molar-refractivity contribution in [3.05, 3.63) is 35.9 Å². The number of carbonyl (C=O) groups is 2. The molecule has 2 fully saturated rings. The van der Waals surface area contributed by atoms with Gasteiger partial charge in [-0.1, -0.05) is 44.2 Å². The van der Waals surface area contributed by atoms with E-state index in [4.69, 9.17) is 4.74 Å². The molecule has 1 aromatic carbocycles. The molecule has 5 heteroatoms. The number of piperidine rings is 1. The first kappa shape index (κ1) is 20.8. The molecule has 1 aromatic rings. The molecular weight excluding hydrogens is 352 g/mol. The summed E-state index contributed by atoms with van der Waals surface area (Å²) in [6.07, 6.45) is 3.35. The first-order valence-corrected chi connectivity index (χ1v) is 10.7. The molecule has 1 spiro atoms. The summed E-state index contributed by atoms with van der Waals surface area (Å²) in [5, 5.41) is 0. The Labute approximate surface area is 169 Å². The second-order valence-electron chi connectivity index (χ2n) is 8.70. The topological polar surface area (TPSA) is 49.9 Å². The molecule has 154 valence electrons. The van der Waals surface area contributed by atoms with Gasteiger partial charge in [0.25, 0.3) is 0 Å². The number of rotatable bonds is 7. The van der Waals surface area contributed by atoms with Gasteiger partial charge in [0, 0.05) is 32.3 Å². The van der Waals surface area contributed by atoms with Crippen molar-refractivity contribution in [1.29, 1.82) is 0 Å². The minimum absolute atomic E-state index is 0.0435. The molecule has 0 radical (unpaired) electrons. The molecule has 5 nitrogen and oxygen atoms in total. The Hall–Kier alpha value is -1.88. The van der Waals surface area contributed by atoms with E-state index in [1.165, 1.54) is 5.56 Å². The van der Waals surface area contributed by atoms with Crippen molar-refractivity contribution in [2.24, 2.45) is 11.3 Å². The normalized spacial score (nSPS) is 21.7. The Morgan fingerprint density at radius 3 is 2.50 bits per heavy atom. The highest BCUT2D eigenvalue weighted by Crippen LogP contribution is 2.45. The van der Waals surface area contributed by atoms with Crippen LogP contribution in [0.2, 0.25) is 0 Å². The highest BCUT2D eigenvalue weighted by molar-refractivity contribution is 5.86. The zero-order valence-corrected chi connectivity index (χ0v) is 17.5. The smallest absolute Gasteiger partial charge is 0.248 e. The number of hydrogen-bond acceptors (Lipinski definition) is 3. The fraction of sp³-hybridized carbons (Fsp3) is 0.652. The third-order valence-electron chi connectivity index (χ3n) is 6.16. The van der Waals surface area contributed by atoms with Gasteiger partial charge in [-0.3, -0.25) is 9.59 Å². The maximum absolute atomic E-state index is 13.5. The number of amides is 2. The van der Waals surface area contributed by atoms with Crippen LogP contribution in [0.15, 0.2) is 30.3 Å². The summed E-state index contributed by atoms with van der Waals surface area (Å²) in [6, 6.07) is 10.7. The minimum atomic E-state index is -0.295. The Balaban J connectivity index is 1.70. The highest BCUT2D eigenvalue weighted by Gasteiger charge is 2.52. The summed E-state index contributed by atoms with van der Waals surface area (Å²) in [5.41, 5.74) is 0.993. The molecule has 0 aromatic heterocycles. The van der Waals surface area contributed by atoms with Crippen LogP contribution in [-0.2, 0) is 20.7 Å². The van der Waals surface area contributed by atoms with Crippen LogP contribution >= 0.6 is 0 Å². The monoisotopic (exact) mass is 386 g/mol. The fourth-order valence-corrected chi connectivity index (χ4v) is 4.70. The molecule has 2 amide bonds. The lowest BCUT2D eigenvalue weighted by Crippen LogP contribution is -2.48. The third-order valence-corrected chi connectivity index (χ3v) is 6.16. The van der Waals surface area contributed by atoms with Gasteiger partial charge in [0.2, 0.25) is 11.8 Å². The van der Waals surface area contributed by atoms with Crippen molar-refractivity contribution in [3.63, 3.8) is 0 Å². The zero-order chi connectivity index (χ0) is 20.1. The molecule has 2 aliphatic heterocycles. The lowest BCUT2D eigenvalue weighted by Gasteiger charge is -2.38. The Morgan fingerprint density at radius 1 is 1.21 bits per heavy atom. The van der Waals surface area contributed by atoms with E-state index in [-0.39, 0.29) is 24.0 Å². The molecule has 0 saturated carbocycles. The van der Waals surface area contributed by atoms with E-state index in [2.05, 4.69) is 43.0 Å². The molecular formula is C23H34N2O3. The zero-order valence-electron chi connectivity index (χ0n) is 17.5. The van der Waals surface area contributed by atoms with E-state index >= 15 is 0 Å². The predicted molar refractivity (Wildman–Crippen MR) is 110 cm³/mol. The summed E-state index contributed by atoms with van der Waals surface area (Å²) in [7, 11) is 0. The van der Waals surface area contributed by atoms with Crippen LogP contribution in [-0.4, -0.2) is 60.5 Å². The number of benzene rings is 1. The van der Waals surface area contributed by atoms with Gasteiger partial charge in [0.05, 0.1) is 5.41 Å². The number of nitrogens with zero attached hydrogens (tertiary/aromatic N) is 2. The summed E-state index contributed by atoms with van der Waals surface area (Å²) in [5.74, 6) is 0.797. The van der Waals surface area contributed by atoms with Crippen LogP contribution in [0.1, 0.15) is 45.6 Å². The van der Waals surface area contributed by atoms with Gasteiger partial charge in [-0.25, -0.2) is 0 Å². The van der Waals surface area contributed by atoms with Crippen molar-refractivity contribution in [1.82, 2.24) is 9.80 Å². The van der Waals surface area contributed by atoms with Gasteiger partial charge >= 0.3 is 0 Å². The number of ether oxygens (including phenoxy) is 1. The molecule has 28 heavy (non-hydrogen) atoms. The molecule has 0 unspecified atom stereocenters. The number of carbonyl (C=O) groups excluding carboxylic acids is 2. The molecule has 2 heterocycles. The maximum Gasteiger partial charge on any atom is 0.248 e. The highest BCUT2D eigenvalue weighted by atomic mass is 16.5. The van der Waals surface area contributed by atoms with Crippen molar-refractivity contribution in [2.75, 3.05) is 32.8 Å². The summed E-state index contributed by atoms with van der Waals surface area (Å²) < 4.78 is 5.26. The SMILES string of the molecule is CCOCC(=O)N1CCC2(CC1)C[C@@H](Cc1ccccc1)N(CC(C)C)C2=O. The summed E-state index contributed by atoms with van der Waals surface area (Å²) >= 11 is 0. The lowest BCUT2D eigenvalue weighted by atomic mass is 9.75. The number of hydrogen-bond donors (Lipinski definition) is 0. The number of likely N-dealkylation sites (tertiary alicyclic amines) is 2. The minimum Gasteiger partial charge on any atom is -0.372 e. The van der Waals surface area contributed by atoms with Crippen LogP contribution in [0.3, 0.4) is 0 Å². The van der Waals surface area contributed by atoms with Gasteiger partial charge in [0.15, 0.2) is 0 Å². The van der Waals surface area contributed by atoms with E-state index in [1.54, 1.807) is 0 Å². The molecule has 0 aliphatic carbocycles.